The van der Waals surface area contributed by atoms with Gasteiger partial charge in [-0.1, -0.05) is 23.7 Å². The van der Waals surface area contributed by atoms with Crippen molar-refractivity contribution in [2.45, 2.75) is 0 Å². The molecule has 0 heterocycles. The summed E-state index contributed by atoms with van der Waals surface area (Å²) in [5, 5.41) is 9.23. The van der Waals surface area contributed by atoms with Crippen molar-refractivity contribution in [1.82, 2.24) is 0 Å². The zero-order valence-corrected chi connectivity index (χ0v) is 7.16. The molecule has 0 unspecified atom stereocenters. The predicted octanol–water partition coefficient (Wildman–Crippen LogP) is 2.52. The molecule has 0 spiro atoms. The highest BCUT2D eigenvalue weighted by atomic mass is 35.5. The Hall–Kier alpha value is -1.15. The minimum Gasteiger partial charge on any atom is -0.504 e. The van der Waals surface area contributed by atoms with Crippen molar-refractivity contribution in [3.8, 4) is 11.5 Å². The van der Waals surface area contributed by atoms with Crippen LogP contribution in [0.2, 0.25) is 0 Å². The van der Waals surface area contributed by atoms with Crippen LogP contribution in [0.5, 0.6) is 11.5 Å². The number of aromatic hydroxyl groups is 1. The van der Waals surface area contributed by atoms with E-state index in [1.54, 1.807) is 30.3 Å². The van der Waals surface area contributed by atoms with E-state index in [0.717, 1.165) is 0 Å². The van der Waals surface area contributed by atoms with Gasteiger partial charge in [-0.25, -0.2) is 0 Å². The number of para-hydroxylation sites is 2. The number of benzene rings is 1. The summed E-state index contributed by atoms with van der Waals surface area (Å²) in [6.07, 6.45) is 1.65. The fourth-order valence-corrected chi connectivity index (χ4v) is 0.826. The van der Waals surface area contributed by atoms with Crippen molar-refractivity contribution in [1.29, 1.82) is 0 Å². The number of hydrogen-bond acceptors (Lipinski definition) is 2. The molecule has 0 aliphatic carbocycles. The maximum absolute atomic E-state index is 9.23. The van der Waals surface area contributed by atoms with Gasteiger partial charge in [-0.15, -0.1) is 0 Å². The summed E-state index contributed by atoms with van der Waals surface area (Å²) in [6, 6.07) is 6.79. The molecular weight excluding hydrogens is 176 g/mol. The lowest BCUT2D eigenvalue weighted by Gasteiger charge is -2.03. The van der Waals surface area contributed by atoms with Crippen LogP contribution in [0.1, 0.15) is 0 Å². The lowest BCUT2D eigenvalue weighted by molar-refractivity contribution is 0.336. The van der Waals surface area contributed by atoms with Gasteiger partial charge in [-0.05, 0) is 18.2 Å². The second-order valence-corrected chi connectivity index (χ2v) is 2.39. The number of phenolic OH excluding ortho intramolecular Hbond substituents is 1. The molecule has 0 radical (unpaired) electrons. The summed E-state index contributed by atoms with van der Waals surface area (Å²) < 4.78 is 5.16. The minimum absolute atomic E-state index is 0.139. The van der Waals surface area contributed by atoms with E-state index in [1.807, 2.05) is 0 Å². The Morgan fingerprint density at radius 1 is 1.42 bits per heavy atom. The Balaban J connectivity index is 2.57. The molecule has 0 saturated carbocycles. The predicted molar refractivity (Wildman–Crippen MR) is 48.6 cm³/mol. The smallest absolute Gasteiger partial charge is 0.161 e. The van der Waals surface area contributed by atoms with E-state index in [4.69, 9.17) is 16.3 Å². The van der Waals surface area contributed by atoms with Crippen LogP contribution in [0.4, 0.5) is 0 Å². The topological polar surface area (TPSA) is 29.5 Å². The van der Waals surface area contributed by atoms with E-state index < -0.39 is 0 Å². The molecule has 0 amide bonds. The summed E-state index contributed by atoms with van der Waals surface area (Å²) in [4.78, 5) is 0. The molecule has 0 saturated heterocycles. The van der Waals surface area contributed by atoms with Crippen LogP contribution in [-0.2, 0) is 0 Å². The van der Waals surface area contributed by atoms with Crippen LogP contribution < -0.4 is 4.74 Å². The van der Waals surface area contributed by atoms with Gasteiger partial charge in [0.05, 0.1) is 0 Å². The van der Waals surface area contributed by atoms with Crippen LogP contribution in [0, 0.1) is 0 Å². The fraction of sp³-hybridized carbons (Fsp3) is 0.111. The molecule has 12 heavy (non-hydrogen) atoms. The van der Waals surface area contributed by atoms with E-state index in [1.165, 1.54) is 5.54 Å². The van der Waals surface area contributed by atoms with Crippen molar-refractivity contribution in [3.05, 3.63) is 35.9 Å². The number of phenols is 1. The largest absolute Gasteiger partial charge is 0.504 e. The van der Waals surface area contributed by atoms with Gasteiger partial charge in [0, 0.05) is 5.54 Å². The Kier molecular flexibility index (Phi) is 3.48. The van der Waals surface area contributed by atoms with Gasteiger partial charge in [0.25, 0.3) is 0 Å². The maximum atomic E-state index is 9.23. The molecular formula is C9H9ClO2. The van der Waals surface area contributed by atoms with Crippen molar-refractivity contribution < 1.29 is 9.84 Å². The number of ether oxygens (including phenoxy) is 1. The summed E-state index contributed by atoms with van der Waals surface area (Å²) in [7, 11) is 0. The molecule has 0 aromatic heterocycles. The highest BCUT2D eigenvalue weighted by molar-refractivity contribution is 6.25. The third-order valence-electron chi connectivity index (χ3n) is 1.29. The molecule has 1 aromatic rings. The lowest BCUT2D eigenvalue weighted by atomic mass is 10.3. The van der Waals surface area contributed by atoms with E-state index >= 15 is 0 Å². The average molecular weight is 185 g/mol. The Labute approximate surface area is 76.0 Å². The van der Waals surface area contributed by atoms with Crippen molar-refractivity contribution in [2.24, 2.45) is 0 Å². The van der Waals surface area contributed by atoms with Gasteiger partial charge in [0.2, 0.25) is 0 Å². The summed E-state index contributed by atoms with van der Waals surface area (Å²) in [5.74, 6) is 0.604. The summed E-state index contributed by atoms with van der Waals surface area (Å²) in [5.41, 5.74) is 1.37. The molecule has 1 aromatic carbocycles. The molecule has 1 rings (SSSR count). The third kappa shape index (κ3) is 2.47. The number of hydrogen-bond donors (Lipinski definition) is 1. The molecule has 0 fully saturated rings. The Morgan fingerprint density at radius 2 is 2.17 bits per heavy atom. The SMILES string of the molecule is Oc1ccccc1OCC=CCl. The first-order chi connectivity index (χ1) is 5.84. The van der Waals surface area contributed by atoms with Gasteiger partial charge >= 0.3 is 0 Å². The molecule has 1 N–H and O–H groups in total. The molecule has 2 nitrogen and oxygen atoms in total. The van der Waals surface area contributed by atoms with E-state index in [9.17, 15) is 5.11 Å². The molecule has 3 heteroatoms. The Morgan fingerprint density at radius 3 is 2.83 bits per heavy atom. The Bertz CT molecular complexity index is 271. The van der Waals surface area contributed by atoms with Gasteiger partial charge in [-0.2, -0.15) is 0 Å². The lowest BCUT2D eigenvalue weighted by Crippen LogP contribution is -1.92. The third-order valence-corrected chi connectivity index (χ3v) is 1.47. The van der Waals surface area contributed by atoms with Crippen LogP contribution in [0.3, 0.4) is 0 Å². The van der Waals surface area contributed by atoms with Crippen LogP contribution in [-0.4, -0.2) is 11.7 Å². The van der Waals surface area contributed by atoms with Crippen molar-refractivity contribution in [2.75, 3.05) is 6.61 Å². The fourth-order valence-electron chi connectivity index (χ4n) is 0.753. The standard InChI is InChI=1S/C9H9ClO2/c10-6-3-7-12-9-5-2-1-4-8(9)11/h1-6,11H,7H2. The highest BCUT2D eigenvalue weighted by Gasteiger charge is 1.96. The van der Waals surface area contributed by atoms with Gasteiger partial charge < -0.3 is 9.84 Å². The number of rotatable bonds is 3. The van der Waals surface area contributed by atoms with Crippen molar-refractivity contribution >= 4 is 11.6 Å². The quantitative estimate of drug-likeness (QED) is 0.782. The first-order valence-electron chi connectivity index (χ1n) is 3.50. The molecule has 64 valence electrons. The van der Waals surface area contributed by atoms with Gasteiger partial charge in [-0.3, -0.25) is 0 Å². The maximum Gasteiger partial charge on any atom is 0.161 e. The van der Waals surface area contributed by atoms with E-state index in [2.05, 4.69) is 0 Å². The van der Waals surface area contributed by atoms with Crippen LogP contribution in [0.15, 0.2) is 35.9 Å². The van der Waals surface area contributed by atoms with Crippen molar-refractivity contribution in [3.63, 3.8) is 0 Å². The molecule has 0 aliphatic heterocycles. The van der Waals surface area contributed by atoms with E-state index in [0.29, 0.717) is 12.4 Å². The van der Waals surface area contributed by atoms with E-state index in [-0.39, 0.29) is 5.75 Å². The molecule has 0 atom stereocenters. The summed E-state index contributed by atoms with van der Waals surface area (Å²) >= 11 is 5.28. The first kappa shape index (κ1) is 8.94. The second kappa shape index (κ2) is 4.67. The van der Waals surface area contributed by atoms with Gasteiger partial charge in [0.15, 0.2) is 11.5 Å². The molecule has 0 aliphatic rings. The monoisotopic (exact) mass is 184 g/mol. The first-order valence-corrected chi connectivity index (χ1v) is 3.94. The summed E-state index contributed by atoms with van der Waals surface area (Å²) in [6.45, 7) is 0.362. The second-order valence-electron chi connectivity index (χ2n) is 2.14. The number of halogens is 1. The van der Waals surface area contributed by atoms with Crippen LogP contribution in [0.25, 0.3) is 0 Å². The zero-order chi connectivity index (χ0) is 8.81. The van der Waals surface area contributed by atoms with Crippen LogP contribution >= 0.6 is 11.6 Å². The highest BCUT2D eigenvalue weighted by Crippen LogP contribution is 2.23. The molecule has 0 bridgehead atoms. The zero-order valence-electron chi connectivity index (χ0n) is 6.40. The average Bonchev–Trinajstić information content (AvgIpc) is 2.09. The minimum atomic E-state index is 0.139. The normalized spacial score (nSPS) is 10.4. The van der Waals surface area contributed by atoms with Gasteiger partial charge in [0.1, 0.15) is 6.61 Å².